The fourth-order valence-electron chi connectivity index (χ4n) is 2.11. The van der Waals surface area contributed by atoms with E-state index >= 15 is 0 Å². The zero-order chi connectivity index (χ0) is 18.5. The number of carboxylic acid groups (broad SMARTS) is 1. The Bertz CT molecular complexity index is 938. The molecule has 132 valence electrons. The molecule has 2 aromatic carbocycles. The topological polar surface area (TPSA) is 78.9 Å². The van der Waals surface area contributed by atoms with Gasteiger partial charge in [-0.15, -0.1) is 16.9 Å². The molecule has 1 heterocycles. The molecule has 0 aliphatic carbocycles. The van der Waals surface area contributed by atoms with Crippen LogP contribution in [0.1, 0.15) is 5.56 Å². The zero-order valence-electron chi connectivity index (χ0n) is 13.6. The first-order chi connectivity index (χ1) is 12.5. The first-order valence-electron chi connectivity index (χ1n) is 7.50. The monoisotopic (exact) mass is 403 g/mol. The number of aromatic amines is 1. The number of nitrogens with one attached hydrogen (secondary N) is 1. The minimum absolute atomic E-state index is 0.142. The van der Waals surface area contributed by atoms with Crippen LogP contribution in [0.25, 0.3) is 17.5 Å². The minimum Gasteiger partial charge on any atom is -0.477 e. The molecule has 0 saturated heterocycles. The highest BCUT2D eigenvalue weighted by Crippen LogP contribution is 2.28. The highest BCUT2D eigenvalue weighted by atomic mass is 35.5. The van der Waals surface area contributed by atoms with Crippen LogP contribution >= 0.6 is 35.1 Å². The van der Waals surface area contributed by atoms with Crippen LogP contribution in [0, 0.1) is 0 Å². The maximum Gasteiger partial charge on any atom is 0.342 e. The van der Waals surface area contributed by atoms with E-state index in [4.69, 9.17) is 11.6 Å². The summed E-state index contributed by atoms with van der Waals surface area (Å²) in [6, 6.07) is 14.8. The molecule has 0 aliphatic rings. The summed E-state index contributed by atoms with van der Waals surface area (Å²) in [4.78, 5) is 17.2. The summed E-state index contributed by atoms with van der Waals surface area (Å²) in [5, 5.41) is 17.4. The van der Waals surface area contributed by atoms with Crippen molar-refractivity contribution in [3.8, 4) is 11.4 Å². The van der Waals surface area contributed by atoms with Gasteiger partial charge >= 0.3 is 5.97 Å². The molecule has 26 heavy (non-hydrogen) atoms. The third-order valence-electron chi connectivity index (χ3n) is 3.41. The summed E-state index contributed by atoms with van der Waals surface area (Å²) in [5.41, 5.74) is 1.63. The number of nitrogens with zero attached hydrogens (tertiary/aromatic N) is 2. The van der Waals surface area contributed by atoms with Crippen molar-refractivity contribution in [2.75, 3.05) is 6.26 Å². The summed E-state index contributed by atoms with van der Waals surface area (Å²) >= 11 is 8.51. The van der Waals surface area contributed by atoms with E-state index in [0.29, 0.717) is 16.0 Å². The SMILES string of the molecule is CSc1ccc(/C=C(\Sc2n[nH]c(-c3ccc(Cl)cc3)n2)C(=O)O)cc1. The van der Waals surface area contributed by atoms with Gasteiger partial charge in [-0.3, -0.25) is 5.10 Å². The van der Waals surface area contributed by atoms with Gasteiger partial charge in [0.05, 0.1) is 0 Å². The van der Waals surface area contributed by atoms with Gasteiger partial charge in [-0.1, -0.05) is 23.7 Å². The van der Waals surface area contributed by atoms with Crippen molar-refractivity contribution in [2.45, 2.75) is 10.1 Å². The van der Waals surface area contributed by atoms with Crippen molar-refractivity contribution in [2.24, 2.45) is 0 Å². The standard InChI is InChI=1S/C18H14ClN3O2S2/c1-25-14-8-2-11(3-9-14)10-15(17(23)24)26-18-20-16(21-22-18)12-4-6-13(19)7-5-12/h2-10H,1H3,(H,23,24)(H,20,21,22)/b15-10-. The van der Waals surface area contributed by atoms with E-state index < -0.39 is 5.97 Å². The third kappa shape index (κ3) is 4.69. The molecule has 5 nitrogen and oxygen atoms in total. The number of aliphatic carboxylic acids is 1. The van der Waals surface area contributed by atoms with E-state index in [2.05, 4.69) is 15.2 Å². The molecular weight excluding hydrogens is 390 g/mol. The van der Waals surface area contributed by atoms with E-state index in [-0.39, 0.29) is 4.91 Å². The molecule has 0 bridgehead atoms. The highest BCUT2D eigenvalue weighted by Gasteiger charge is 2.14. The molecule has 8 heteroatoms. The van der Waals surface area contributed by atoms with Crippen molar-refractivity contribution in [1.29, 1.82) is 0 Å². The van der Waals surface area contributed by atoms with E-state index in [1.165, 1.54) is 0 Å². The van der Waals surface area contributed by atoms with Crippen LogP contribution < -0.4 is 0 Å². The van der Waals surface area contributed by atoms with E-state index in [9.17, 15) is 9.90 Å². The molecular formula is C18H14ClN3O2S2. The molecule has 2 N–H and O–H groups in total. The first kappa shape index (κ1) is 18.6. The Kier molecular flexibility index (Phi) is 6.03. The zero-order valence-corrected chi connectivity index (χ0v) is 16.0. The normalized spacial score (nSPS) is 11.5. The smallest absolute Gasteiger partial charge is 0.342 e. The quantitative estimate of drug-likeness (QED) is 0.442. The Labute approximate surface area is 163 Å². The molecule has 0 saturated carbocycles. The van der Waals surface area contributed by atoms with Crippen LogP contribution in [0.4, 0.5) is 0 Å². The Balaban J connectivity index is 1.81. The van der Waals surface area contributed by atoms with Gasteiger partial charge in [0, 0.05) is 15.5 Å². The molecule has 0 atom stereocenters. The molecule has 3 aromatic rings. The number of benzene rings is 2. The van der Waals surface area contributed by atoms with Crippen molar-refractivity contribution >= 4 is 47.2 Å². The lowest BCUT2D eigenvalue weighted by atomic mass is 10.2. The van der Waals surface area contributed by atoms with Gasteiger partial charge in [0.2, 0.25) is 5.16 Å². The summed E-state index contributed by atoms with van der Waals surface area (Å²) in [5.74, 6) is -0.472. The van der Waals surface area contributed by atoms with Crippen molar-refractivity contribution in [3.05, 3.63) is 64.0 Å². The number of hydrogen-bond acceptors (Lipinski definition) is 5. The van der Waals surface area contributed by atoms with Gasteiger partial charge in [-0.2, -0.15) is 0 Å². The van der Waals surface area contributed by atoms with Crippen LogP contribution in [-0.4, -0.2) is 32.5 Å². The second-order valence-corrected chi connectivity index (χ2v) is 7.49. The predicted molar refractivity (Wildman–Crippen MR) is 107 cm³/mol. The van der Waals surface area contributed by atoms with Crippen molar-refractivity contribution in [3.63, 3.8) is 0 Å². The third-order valence-corrected chi connectivity index (χ3v) is 5.28. The molecule has 0 fully saturated rings. The predicted octanol–water partition coefficient (Wildman–Crippen LogP) is 5.06. The fourth-order valence-corrected chi connectivity index (χ4v) is 3.36. The number of carboxylic acids is 1. The molecule has 0 aliphatic heterocycles. The van der Waals surface area contributed by atoms with Crippen molar-refractivity contribution < 1.29 is 9.90 Å². The number of rotatable bonds is 6. The van der Waals surface area contributed by atoms with Gasteiger partial charge in [0.15, 0.2) is 5.82 Å². The highest BCUT2D eigenvalue weighted by molar-refractivity contribution is 8.04. The Morgan fingerprint density at radius 2 is 1.85 bits per heavy atom. The molecule has 1 aromatic heterocycles. The van der Waals surface area contributed by atoms with Crippen LogP contribution in [0.3, 0.4) is 0 Å². The Morgan fingerprint density at radius 3 is 2.46 bits per heavy atom. The molecule has 0 amide bonds. The van der Waals surface area contributed by atoms with Gasteiger partial charge in [-0.25, -0.2) is 9.78 Å². The van der Waals surface area contributed by atoms with Gasteiger partial charge in [0.1, 0.15) is 4.91 Å². The number of hydrogen-bond donors (Lipinski definition) is 2. The lowest BCUT2D eigenvalue weighted by Gasteiger charge is -2.01. The van der Waals surface area contributed by atoms with E-state index in [1.807, 2.05) is 42.7 Å². The summed E-state index contributed by atoms with van der Waals surface area (Å²) < 4.78 is 0. The van der Waals surface area contributed by atoms with Crippen LogP contribution in [0.2, 0.25) is 5.02 Å². The summed E-state index contributed by atoms with van der Waals surface area (Å²) in [6.45, 7) is 0. The maximum absolute atomic E-state index is 11.6. The van der Waals surface area contributed by atoms with Gasteiger partial charge < -0.3 is 5.11 Å². The number of H-pyrrole nitrogens is 1. The van der Waals surface area contributed by atoms with Crippen LogP contribution in [-0.2, 0) is 4.79 Å². The number of carbonyl (C=O) groups is 1. The average Bonchev–Trinajstić information content (AvgIpc) is 3.11. The fraction of sp³-hybridized carbons (Fsp3) is 0.0556. The van der Waals surface area contributed by atoms with Crippen LogP contribution in [0.5, 0.6) is 0 Å². The number of halogens is 1. The lowest BCUT2D eigenvalue weighted by molar-refractivity contribution is -0.131. The van der Waals surface area contributed by atoms with Gasteiger partial charge in [-0.05, 0) is 66.1 Å². The van der Waals surface area contributed by atoms with E-state index in [0.717, 1.165) is 27.8 Å². The second-order valence-electron chi connectivity index (χ2n) is 5.16. The Hall–Kier alpha value is -2.22. The Morgan fingerprint density at radius 1 is 1.15 bits per heavy atom. The largest absolute Gasteiger partial charge is 0.477 e. The number of aromatic nitrogens is 3. The summed E-state index contributed by atoms with van der Waals surface area (Å²) in [6.07, 6.45) is 3.60. The second kappa shape index (κ2) is 8.44. The first-order valence-corrected chi connectivity index (χ1v) is 9.92. The molecule has 0 radical (unpaired) electrons. The van der Waals surface area contributed by atoms with Crippen molar-refractivity contribution in [1.82, 2.24) is 15.2 Å². The van der Waals surface area contributed by atoms with E-state index in [1.54, 1.807) is 30.0 Å². The molecule has 0 unspecified atom stereocenters. The maximum atomic E-state index is 11.6. The van der Waals surface area contributed by atoms with Crippen LogP contribution in [0.15, 0.2) is 63.5 Å². The van der Waals surface area contributed by atoms with Gasteiger partial charge in [0.25, 0.3) is 0 Å². The summed E-state index contributed by atoms with van der Waals surface area (Å²) in [7, 11) is 0. The average molecular weight is 404 g/mol. The molecule has 0 spiro atoms. The minimum atomic E-state index is -1.03. The molecule has 3 rings (SSSR count). The number of thioether (sulfide) groups is 2. The lowest BCUT2D eigenvalue weighted by Crippen LogP contribution is -1.97.